The van der Waals surface area contributed by atoms with Crippen LogP contribution in [0.25, 0.3) is 0 Å². The van der Waals surface area contributed by atoms with Crippen LogP contribution in [0.1, 0.15) is 19.3 Å². The van der Waals surface area contributed by atoms with Crippen molar-refractivity contribution in [3.05, 3.63) is 0 Å². The molecule has 1 aliphatic rings. The number of carboxylic acids is 1. The molecule has 1 fully saturated rings. The smallest absolute Gasteiger partial charge is 0.306 e. The molecular formula is C14H24N2O5. The second-order valence-electron chi connectivity index (χ2n) is 5.59. The molecule has 0 aromatic heterocycles. The number of amides is 2. The number of methoxy groups -OCH3 is 1. The van der Waals surface area contributed by atoms with Crippen molar-refractivity contribution in [3.63, 3.8) is 0 Å². The van der Waals surface area contributed by atoms with Gasteiger partial charge in [-0.15, -0.1) is 0 Å². The topological polar surface area (TPSA) is 87.2 Å². The fourth-order valence-electron chi connectivity index (χ4n) is 2.46. The van der Waals surface area contributed by atoms with E-state index in [-0.39, 0.29) is 24.3 Å². The second kappa shape index (κ2) is 7.97. The third kappa shape index (κ3) is 5.00. The molecule has 0 aromatic rings. The van der Waals surface area contributed by atoms with Crippen molar-refractivity contribution < 1.29 is 24.2 Å². The minimum atomic E-state index is -0.849. The Balaban J connectivity index is 2.67. The van der Waals surface area contributed by atoms with E-state index in [4.69, 9.17) is 9.84 Å². The van der Waals surface area contributed by atoms with Gasteiger partial charge in [-0.05, 0) is 19.3 Å². The summed E-state index contributed by atoms with van der Waals surface area (Å²) < 4.78 is 4.97. The van der Waals surface area contributed by atoms with Crippen LogP contribution in [0.5, 0.6) is 0 Å². The van der Waals surface area contributed by atoms with Gasteiger partial charge in [-0.25, -0.2) is 0 Å². The van der Waals surface area contributed by atoms with Gasteiger partial charge in [0.1, 0.15) is 0 Å². The number of carboxylic acid groups (broad SMARTS) is 1. The van der Waals surface area contributed by atoms with Gasteiger partial charge in [0.2, 0.25) is 11.8 Å². The highest BCUT2D eigenvalue weighted by atomic mass is 16.5. The Labute approximate surface area is 124 Å². The minimum Gasteiger partial charge on any atom is -0.481 e. The van der Waals surface area contributed by atoms with Crippen LogP contribution in [0, 0.1) is 11.8 Å². The summed E-state index contributed by atoms with van der Waals surface area (Å²) in [6.45, 7) is 0.689. The molecule has 0 aromatic carbocycles. The van der Waals surface area contributed by atoms with Crippen LogP contribution in [0.2, 0.25) is 0 Å². The van der Waals surface area contributed by atoms with Gasteiger partial charge in [-0.2, -0.15) is 0 Å². The zero-order valence-corrected chi connectivity index (χ0v) is 12.9. The average molecular weight is 300 g/mol. The molecule has 0 saturated heterocycles. The summed E-state index contributed by atoms with van der Waals surface area (Å²) >= 11 is 0. The van der Waals surface area contributed by atoms with Crippen molar-refractivity contribution in [2.24, 2.45) is 11.8 Å². The maximum Gasteiger partial charge on any atom is 0.306 e. The predicted octanol–water partition coefficient (Wildman–Crippen LogP) is 0.0505. The number of likely N-dealkylation sites (N-methyl/N-ethyl adjacent to an activating group) is 1. The summed E-state index contributed by atoms with van der Waals surface area (Å²) in [5.74, 6) is -1.91. The third-order valence-corrected chi connectivity index (χ3v) is 3.83. The normalized spacial score (nSPS) is 21.1. The Hall–Kier alpha value is -1.63. The van der Waals surface area contributed by atoms with Gasteiger partial charge >= 0.3 is 5.97 Å². The zero-order valence-electron chi connectivity index (χ0n) is 12.9. The molecule has 0 spiro atoms. The van der Waals surface area contributed by atoms with Crippen molar-refractivity contribution >= 4 is 17.8 Å². The molecule has 21 heavy (non-hydrogen) atoms. The maximum atomic E-state index is 12.5. The number of hydrogen-bond acceptors (Lipinski definition) is 4. The standard InChI is InChI=1S/C14H24N2O5/c1-15(2)12(17)9-16(6-7-21-3)13(18)10-4-5-11(8-10)14(19)20/h10-11H,4-9H2,1-3H3,(H,19,20). The molecule has 1 N–H and O–H groups in total. The van der Waals surface area contributed by atoms with E-state index in [1.54, 1.807) is 14.1 Å². The minimum absolute atomic E-state index is 0.00340. The molecule has 0 heterocycles. The molecule has 0 radical (unpaired) electrons. The van der Waals surface area contributed by atoms with Crippen molar-refractivity contribution in [1.82, 2.24) is 9.80 Å². The fraction of sp³-hybridized carbons (Fsp3) is 0.786. The number of carbonyl (C=O) groups is 3. The molecule has 2 amide bonds. The highest BCUT2D eigenvalue weighted by molar-refractivity contribution is 5.86. The van der Waals surface area contributed by atoms with Gasteiger partial charge in [0.15, 0.2) is 0 Å². The lowest BCUT2D eigenvalue weighted by atomic mass is 10.0. The highest BCUT2D eigenvalue weighted by Gasteiger charge is 2.36. The molecule has 0 aliphatic heterocycles. The quantitative estimate of drug-likeness (QED) is 0.718. The van der Waals surface area contributed by atoms with Crippen molar-refractivity contribution in [3.8, 4) is 0 Å². The SMILES string of the molecule is COCCN(CC(=O)N(C)C)C(=O)C1CCC(C(=O)O)C1. The first kappa shape index (κ1) is 17.4. The lowest BCUT2D eigenvalue weighted by Gasteiger charge is -2.26. The van der Waals surface area contributed by atoms with E-state index >= 15 is 0 Å². The Morgan fingerprint density at radius 2 is 1.81 bits per heavy atom. The van der Waals surface area contributed by atoms with Gasteiger partial charge in [-0.1, -0.05) is 0 Å². The first-order chi connectivity index (χ1) is 9.86. The Morgan fingerprint density at radius 3 is 2.29 bits per heavy atom. The third-order valence-electron chi connectivity index (χ3n) is 3.83. The Kier molecular flexibility index (Phi) is 6.61. The van der Waals surface area contributed by atoms with Crippen LogP contribution >= 0.6 is 0 Å². The number of ether oxygens (including phenoxy) is 1. The van der Waals surface area contributed by atoms with Crippen molar-refractivity contribution in [1.29, 1.82) is 0 Å². The molecule has 7 heteroatoms. The Bertz CT molecular complexity index is 397. The number of aliphatic carboxylic acids is 1. The number of carbonyl (C=O) groups excluding carboxylic acids is 2. The van der Waals surface area contributed by atoms with Crippen LogP contribution in [0.15, 0.2) is 0 Å². The van der Waals surface area contributed by atoms with Gasteiger partial charge in [0.25, 0.3) is 0 Å². The van der Waals surface area contributed by atoms with Crippen LogP contribution in [-0.2, 0) is 19.1 Å². The molecule has 7 nitrogen and oxygen atoms in total. The maximum absolute atomic E-state index is 12.5. The predicted molar refractivity (Wildman–Crippen MR) is 75.6 cm³/mol. The highest BCUT2D eigenvalue weighted by Crippen LogP contribution is 2.32. The molecule has 1 aliphatic carbocycles. The van der Waals surface area contributed by atoms with E-state index in [1.807, 2.05) is 0 Å². The summed E-state index contributed by atoms with van der Waals surface area (Å²) in [7, 11) is 4.81. The molecule has 2 atom stereocenters. The molecule has 1 rings (SSSR count). The van der Waals surface area contributed by atoms with E-state index in [9.17, 15) is 14.4 Å². The number of nitrogens with zero attached hydrogens (tertiary/aromatic N) is 2. The summed E-state index contributed by atoms with van der Waals surface area (Å²) in [6, 6.07) is 0. The van der Waals surface area contributed by atoms with Gasteiger partial charge in [0, 0.05) is 33.7 Å². The summed E-state index contributed by atoms with van der Waals surface area (Å²) in [5.41, 5.74) is 0. The van der Waals surface area contributed by atoms with E-state index in [0.29, 0.717) is 32.4 Å². The van der Waals surface area contributed by atoms with E-state index in [1.165, 1.54) is 16.9 Å². The molecular weight excluding hydrogens is 276 g/mol. The summed E-state index contributed by atoms with van der Waals surface area (Å²) in [4.78, 5) is 38.2. The van der Waals surface area contributed by atoms with Crippen LogP contribution < -0.4 is 0 Å². The van der Waals surface area contributed by atoms with Gasteiger partial charge in [-0.3, -0.25) is 14.4 Å². The summed E-state index contributed by atoms with van der Waals surface area (Å²) in [5, 5.41) is 9.01. The number of hydrogen-bond donors (Lipinski definition) is 1. The second-order valence-corrected chi connectivity index (χ2v) is 5.59. The number of rotatable bonds is 7. The zero-order chi connectivity index (χ0) is 16.0. The molecule has 2 unspecified atom stereocenters. The van der Waals surface area contributed by atoms with E-state index < -0.39 is 11.9 Å². The molecule has 120 valence electrons. The van der Waals surface area contributed by atoms with Gasteiger partial charge in [0.05, 0.1) is 19.1 Å². The lowest BCUT2D eigenvalue weighted by Crippen LogP contribution is -2.44. The molecule has 0 bridgehead atoms. The van der Waals surface area contributed by atoms with E-state index in [2.05, 4.69) is 0 Å². The average Bonchev–Trinajstić information content (AvgIpc) is 2.92. The van der Waals surface area contributed by atoms with E-state index in [0.717, 1.165) is 0 Å². The molecule has 1 saturated carbocycles. The Morgan fingerprint density at radius 1 is 1.19 bits per heavy atom. The van der Waals surface area contributed by atoms with Crippen molar-refractivity contribution in [2.45, 2.75) is 19.3 Å². The van der Waals surface area contributed by atoms with Crippen LogP contribution in [0.3, 0.4) is 0 Å². The van der Waals surface area contributed by atoms with Crippen molar-refractivity contribution in [2.75, 3.05) is 40.9 Å². The largest absolute Gasteiger partial charge is 0.481 e. The first-order valence-corrected chi connectivity index (χ1v) is 7.07. The van der Waals surface area contributed by atoms with Crippen LogP contribution in [0.4, 0.5) is 0 Å². The summed E-state index contributed by atoms with van der Waals surface area (Å²) in [6.07, 6.45) is 1.44. The lowest BCUT2D eigenvalue weighted by molar-refractivity contribution is -0.143. The fourth-order valence-corrected chi connectivity index (χ4v) is 2.46. The van der Waals surface area contributed by atoms with Gasteiger partial charge < -0.3 is 19.6 Å². The van der Waals surface area contributed by atoms with Crippen LogP contribution in [-0.4, -0.2) is 73.6 Å². The first-order valence-electron chi connectivity index (χ1n) is 7.07. The monoisotopic (exact) mass is 300 g/mol.